The van der Waals surface area contributed by atoms with Crippen molar-refractivity contribution >= 4 is 5.97 Å². The first-order valence-electron chi connectivity index (χ1n) is 12.7. The molecule has 1 heterocycles. The number of carboxylic acids is 1. The summed E-state index contributed by atoms with van der Waals surface area (Å²) < 4.78 is 8.82. The average Bonchev–Trinajstić information content (AvgIpc) is 3.20. The SMILES string of the molecule is CCOc1ccc(-c2ccc(CCCc3nn(-c4ccc(C)cc4)c(=O)n3CC)cc2)cc1CC(=O)O. The van der Waals surface area contributed by atoms with Crippen LogP contribution in [0.15, 0.2) is 71.5 Å². The Morgan fingerprint density at radius 2 is 1.65 bits per heavy atom. The van der Waals surface area contributed by atoms with Crippen molar-refractivity contribution in [2.45, 2.75) is 53.0 Å². The molecule has 0 fully saturated rings. The molecule has 4 aromatic rings. The predicted octanol–water partition coefficient (Wildman–Crippen LogP) is 5.23. The Kier molecular flexibility index (Phi) is 8.23. The standard InChI is InChI=1S/C30H33N3O4/c1-4-32-28(31-33(30(32)36)26-16-9-21(3)10-17-26)8-6-7-22-11-13-23(14-12-22)24-15-18-27(37-5-2)25(19-24)20-29(34)35/h9-19H,4-8,20H2,1-3H3,(H,34,35). The first-order chi connectivity index (χ1) is 17.9. The van der Waals surface area contributed by atoms with Crippen molar-refractivity contribution in [3.05, 3.63) is 99.7 Å². The molecule has 0 atom stereocenters. The van der Waals surface area contributed by atoms with E-state index in [2.05, 4.69) is 29.4 Å². The molecule has 0 aliphatic rings. The summed E-state index contributed by atoms with van der Waals surface area (Å²) in [6, 6.07) is 21.8. The van der Waals surface area contributed by atoms with Gasteiger partial charge in [0.15, 0.2) is 0 Å². The lowest BCUT2D eigenvalue weighted by Gasteiger charge is -2.11. The van der Waals surface area contributed by atoms with E-state index < -0.39 is 5.97 Å². The summed E-state index contributed by atoms with van der Waals surface area (Å²) in [6.07, 6.45) is 2.36. The van der Waals surface area contributed by atoms with Crippen LogP contribution in [0.4, 0.5) is 0 Å². The summed E-state index contributed by atoms with van der Waals surface area (Å²) in [5.41, 5.74) is 5.66. The number of aryl methyl sites for hydroxylation is 3. The molecule has 0 saturated heterocycles. The smallest absolute Gasteiger partial charge is 0.350 e. The molecule has 0 bridgehead atoms. The zero-order valence-corrected chi connectivity index (χ0v) is 21.6. The Bertz CT molecular complexity index is 1420. The molecule has 0 radical (unpaired) electrons. The summed E-state index contributed by atoms with van der Waals surface area (Å²) in [5.74, 6) is 0.524. The van der Waals surface area contributed by atoms with E-state index in [-0.39, 0.29) is 12.1 Å². The number of hydrogen-bond donors (Lipinski definition) is 1. The lowest BCUT2D eigenvalue weighted by molar-refractivity contribution is -0.136. The topological polar surface area (TPSA) is 86.4 Å². The fraction of sp³-hybridized carbons (Fsp3) is 0.300. The molecule has 192 valence electrons. The second-order valence-corrected chi connectivity index (χ2v) is 9.07. The number of benzene rings is 3. The van der Waals surface area contributed by atoms with E-state index in [1.165, 1.54) is 10.2 Å². The van der Waals surface area contributed by atoms with Crippen LogP contribution >= 0.6 is 0 Å². The quantitative estimate of drug-likeness (QED) is 0.305. The van der Waals surface area contributed by atoms with Crippen molar-refractivity contribution in [2.75, 3.05) is 6.61 Å². The van der Waals surface area contributed by atoms with Crippen LogP contribution in [0.3, 0.4) is 0 Å². The molecule has 3 aromatic carbocycles. The first kappa shape index (κ1) is 25.9. The van der Waals surface area contributed by atoms with Crippen LogP contribution in [0.1, 0.15) is 42.8 Å². The Morgan fingerprint density at radius 1 is 0.946 bits per heavy atom. The first-order valence-corrected chi connectivity index (χ1v) is 12.7. The van der Waals surface area contributed by atoms with Gasteiger partial charge in [-0.15, -0.1) is 5.10 Å². The molecule has 7 heteroatoms. The number of nitrogens with zero attached hydrogens (tertiary/aromatic N) is 3. The van der Waals surface area contributed by atoms with E-state index in [0.717, 1.165) is 41.0 Å². The number of carbonyl (C=O) groups is 1. The number of rotatable bonds is 11. The zero-order chi connectivity index (χ0) is 26.4. The fourth-order valence-electron chi connectivity index (χ4n) is 4.46. The van der Waals surface area contributed by atoms with E-state index >= 15 is 0 Å². The number of aromatic nitrogens is 3. The zero-order valence-electron chi connectivity index (χ0n) is 21.6. The molecular weight excluding hydrogens is 466 g/mol. The highest BCUT2D eigenvalue weighted by atomic mass is 16.5. The van der Waals surface area contributed by atoms with Gasteiger partial charge in [0.25, 0.3) is 0 Å². The maximum atomic E-state index is 12.9. The van der Waals surface area contributed by atoms with Crippen molar-refractivity contribution in [3.63, 3.8) is 0 Å². The molecule has 37 heavy (non-hydrogen) atoms. The van der Waals surface area contributed by atoms with Crippen LogP contribution in [0, 0.1) is 6.92 Å². The Hall–Kier alpha value is -4.13. The molecule has 1 aromatic heterocycles. The van der Waals surface area contributed by atoms with Crippen LogP contribution in [0.2, 0.25) is 0 Å². The molecule has 0 aliphatic heterocycles. The van der Waals surface area contributed by atoms with E-state index in [0.29, 0.717) is 30.9 Å². The third-order valence-electron chi connectivity index (χ3n) is 6.39. The Morgan fingerprint density at radius 3 is 2.30 bits per heavy atom. The summed E-state index contributed by atoms with van der Waals surface area (Å²) >= 11 is 0. The maximum Gasteiger partial charge on any atom is 0.350 e. The lowest BCUT2D eigenvalue weighted by Crippen LogP contribution is -2.23. The molecule has 0 saturated carbocycles. The number of carboxylic acid groups (broad SMARTS) is 1. The number of hydrogen-bond acceptors (Lipinski definition) is 4. The molecule has 0 aliphatic carbocycles. The van der Waals surface area contributed by atoms with Gasteiger partial charge >= 0.3 is 11.7 Å². The molecule has 0 spiro atoms. The number of aliphatic carboxylic acids is 1. The minimum absolute atomic E-state index is 0.0796. The summed E-state index contributed by atoms with van der Waals surface area (Å²) in [6.45, 7) is 6.94. The van der Waals surface area contributed by atoms with Gasteiger partial charge in [0.1, 0.15) is 11.6 Å². The largest absolute Gasteiger partial charge is 0.494 e. The minimum atomic E-state index is -0.884. The average molecular weight is 500 g/mol. The van der Waals surface area contributed by atoms with Gasteiger partial charge in [-0.1, -0.05) is 48.0 Å². The maximum absolute atomic E-state index is 12.9. The van der Waals surface area contributed by atoms with Crippen molar-refractivity contribution in [1.82, 2.24) is 14.3 Å². The summed E-state index contributed by atoms with van der Waals surface area (Å²) in [5, 5.41) is 13.9. The van der Waals surface area contributed by atoms with Gasteiger partial charge in [0.2, 0.25) is 0 Å². The highest BCUT2D eigenvalue weighted by Gasteiger charge is 2.14. The molecule has 0 unspecified atom stereocenters. The van der Waals surface area contributed by atoms with Crippen molar-refractivity contribution < 1.29 is 14.6 Å². The fourth-order valence-corrected chi connectivity index (χ4v) is 4.46. The van der Waals surface area contributed by atoms with Crippen molar-refractivity contribution in [1.29, 1.82) is 0 Å². The number of ether oxygens (including phenoxy) is 1. The van der Waals surface area contributed by atoms with Crippen LogP contribution in [-0.4, -0.2) is 32.0 Å². The highest BCUT2D eigenvalue weighted by molar-refractivity contribution is 5.74. The normalized spacial score (nSPS) is 11.0. The van der Waals surface area contributed by atoms with Crippen LogP contribution in [0.25, 0.3) is 16.8 Å². The van der Waals surface area contributed by atoms with Gasteiger partial charge in [0.05, 0.1) is 18.7 Å². The molecule has 1 N–H and O–H groups in total. The molecular formula is C30H33N3O4. The van der Waals surface area contributed by atoms with E-state index in [4.69, 9.17) is 4.74 Å². The predicted molar refractivity (Wildman–Crippen MR) is 145 cm³/mol. The second-order valence-electron chi connectivity index (χ2n) is 9.07. The third-order valence-corrected chi connectivity index (χ3v) is 6.39. The molecule has 4 rings (SSSR count). The van der Waals surface area contributed by atoms with E-state index in [1.54, 1.807) is 4.57 Å². The minimum Gasteiger partial charge on any atom is -0.494 e. The Balaban J connectivity index is 1.44. The van der Waals surface area contributed by atoms with Gasteiger partial charge in [-0.05, 0) is 74.6 Å². The van der Waals surface area contributed by atoms with E-state index in [9.17, 15) is 14.7 Å². The highest BCUT2D eigenvalue weighted by Crippen LogP contribution is 2.28. The summed E-state index contributed by atoms with van der Waals surface area (Å²) in [4.78, 5) is 24.2. The van der Waals surface area contributed by atoms with Crippen LogP contribution < -0.4 is 10.4 Å². The molecule has 7 nitrogen and oxygen atoms in total. The van der Waals surface area contributed by atoms with Gasteiger partial charge in [-0.25, -0.2) is 4.79 Å². The Labute approximate surface area is 217 Å². The summed E-state index contributed by atoms with van der Waals surface area (Å²) in [7, 11) is 0. The van der Waals surface area contributed by atoms with Gasteiger partial charge in [-0.3, -0.25) is 9.36 Å². The second kappa shape index (κ2) is 11.7. The van der Waals surface area contributed by atoms with Crippen molar-refractivity contribution in [3.8, 4) is 22.6 Å². The van der Waals surface area contributed by atoms with Gasteiger partial charge in [-0.2, -0.15) is 4.68 Å². The third kappa shape index (κ3) is 6.17. The van der Waals surface area contributed by atoms with Gasteiger partial charge in [0, 0.05) is 18.5 Å². The van der Waals surface area contributed by atoms with Crippen LogP contribution in [-0.2, 0) is 30.6 Å². The van der Waals surface area contributed by atoms with Crippen molar-refractivity contribution in [2.24, 2.45) is 0 Å². The van der Waals surface area contributed by atoms with Gasteiger partial charge < -0.3 is 9.84 Å². The monoisotopic (exact) mass is 499 g/mol. The molecule has 0 amide bonds. The van der Waals surface area contributed by atoms with E-state index in [1.807, 2.05) is 63.2 Å². The lowest BCUT2D eigenvalue weighted by atomic mass is 9.98. The van der Waals surface area contributed by atoms with Crippen LogP contribution in [0.5, 0.6) is 5.75 Å².